The van der Waals surface area contributed by atoms with Crippen LogP contribution in [0.3, 0.4) is 0 Å². The highest BCUT2D eigenvalue weighted by Crippen LogP contribution is 2.22. The molecule has 0 saturated carbocycles. The van der Waals surface area contributed by atoms with Crippen LogP contribution >= 0.6 is 11.6 Å². The van der Waals surface area contributed by atoms with E-state index < -0.39 is 5.82 Å². The molecule has 0 radical (unpaired) electrons. The van der Waals surface area contributed by atoms with E-state index in [-0.39, 0.29) is 5.02 Å². The van der Waals surface area contributed by atoms with Gasteiger partial charge in [0.2, 0.25) is 5.95 Å². The van der Waals surface area contributed by atoms with Gasteiger partial charge in [-0.05, 0) is 31.2 Å². The third-order valence-corrected chi connectivity index (χ3v) is 2.47. The molecule has 0 fully saturated rings. The van der Waals surface area contributed by atoms with E-state index in [9.17, 15) is 4.39 Å². The standard InChI is InChI=1S/C12H12ClFN4/c1-2-15-12-16-6-5-11(18-12)17-8-3-4-10(14)9(13)7-8/h3-7H,2H2,1H3,(H2,15,16,17,18). The van der Waals surface area contributed by atoms with Gasteiger partial charge in [-0.15, -0.1) is 0 Å². The van der Waals surface area contributed by atoms with E-state index in [1.807, 2.05) is 6.92 Å². The number of hydrogen-bond donors (Lipinski definition) is 2. The first-order valence-electron chi connectivity index (χ1n) is 5.48. The van der Waals surface area contributed by atoms with Gasteiger partial charge in [-0.3, -0.25) is 0 Å². The van der Waals surface area contributed by atoms with Gasteiger partial charge in [-0.25, -0.2) is 9.37 Å². The molecule has 1 aromatic carbocycles. The first kappa shape index (κ1) is 12.6. The quantitative estimate of drug-likeness (QED) is 0.890. The molecule has 0 aliphatic heterocycles. The van der Waals surface area contributed by atoms with Crippen LogP contribution in [-0.2, 0) is 0 Å². The predicted octanol–water partition coefficient (Wildman–Crippen LogP) is 3.44. The van der Waals surface area contributed by atoms with Crippen molar-refractivity contribution in [2.24, 2.45) is 0 Å². The minimum Gasteiger partial charge on any atom is -0.354 e. The van der Waals surface area contributed by atoms with E-state index in [4.69, 9.17) is 11.6 Å². The topological polar surface area (TPSA) is 49.8 Å². The van der Waals surface area contributed by atoms with Crippen LogP contribution in [0.25, 0.3) is 0 Å². The molecule has 1 heterocycles. The lowest BCUT2D eigenvalue weighted by Crippen LogP contribution is -2.03. The summed E-state index contributed by atoms with van der Waals surface area (Å²) in [7, 11) is 0. The summed E-state index contributed by atoms with van der Waals surface area (Å²) in [5.41, 5.74) is 0.669. The zero-order valence-electron chi connectivity index (χ0n) is 9.74. The van der Waals surface area contributed by atoms with E-state index in [0.29, 0.717) is 17.5 Å². The number of rotatable bonds is 4. The highest BCUT2D eigenvalue weighted by atomic mass is 35.5. The van der Waals surface area contributed by atoms with Gasteiger partial charge in [-0.2, -0.15) is 4.98 Å². The Balaban J connectivity index is 2.17. The van der Waals surface area contributed by atoms with Crippen molar-refractivity contribution in [1.29, 1.82) is 0 Å². The maximum Gasteiger partial charge on any atom is 0.224 e. The minimum absolute atomic E-state index is 0.0703. The highest BCUT2D eigenvalue weighted by Gasteiger charge is 2.02. The number of aromatic nitrogens is 2. The molecule has 0 unspecified atom stereocenters. The van der Waals surface area contributed by atoms with Gasteiger partial charge in [0.05, 0.1) is 5.02 Å². The van der Waals surface area contributed by atoms with Crippen molar-refractivity contribution in [3.05, 3.63) is 41.3 Å². The van der Waals surface area contributed by atoms with Crippen molar-refractivity contribution in [2.75, 3.05) is 17.2 Å². The largest absolute Gasteiger partial charge is 0.354 e. The van der Waals surface area contributed by atoms with Crippen LogP contribution in [-0.4, -0.2) is 16.5 Å². The van der Waals surface area contributed by atoms with Gasteiger partial charge in [0, 0.05) is 18.4 Å². The van der Waals surface area contributed by atoms with Crippen molar-refractivity contribution < 1.29 is 4.39 Å². The van der Waals surface area contributed by atoms with Crippen molar-refractivity contribution in [3.63, 3.8) is 0 Å². The second kappa shape index (κ2) is 5.64. The molecule has 94 valence electrons. The van der Waals surface area contributed by atoms with Crippen LogP contribution in [0.1, 0.15) is 6.92 Å². The third-order valence-electron chi connectivity index (χ3n) is 2.18. The summed E-state index contributed by atoms with van der Waals surface area (Å²) in [6.45, 7) is 2.70. The fraction of sp³-hybridized carbons (Fsp3) is 0.167. The lowest BCUT2D eigenvalue weighted by molar-refractivity contribution is 0.628. The third kappa shape index (κ3) is 3.07. The van der Waals surface area contributed by atoms with Gasteiger partial charge in [0.1, 0.15) is 11.6 Å². The van der Waals surface area contributed by atoms with Crippen LogP contribution in [0.4, 0.5) is 21.8 Å². The summed E-state index contributed by atoms with van der Waals surface area (Å²) in [5.74, 6) is 0.706. The fourth-order valence-electron chi connectivity index (χ4n) is 1.39. The van der Waals surface area contributed by atoms with E-state index >= 15 is 0 Å². The minimum atomic E-state index is -0.446. The number of benzene rings is 1. The average molecular weight is 267 g/mol. The molecule has 0 atom stereocenters. The van der Waals surface area contributed by atoms with Crippen molar-refractivity contribution in [1.82, 2.24) is 9.97 Å². The summed E-state index contributed by atoms with van der Waals surface area (Å²) in [6.07, 6.45) is 1.64. The number of nitrogens with zero attached hydrogens (tertiary/aromatic N) is 2. The normalized spacial score (nSPS) is 10.2. The molecule has 0 amide bonds. The van der Waals surface area contributed by atoms with Crippen LogP contribution < -0.4 is 10.6 Å². The zero-order valence-corrected chi connectivity index (χ0v) is 10.5. The molecule has 0 spiro atoms. The van der Waals surface area contributed by atoms with Gasteiger partial charge in [0.15, 0.2) is 0 Å². The van der Waals surface area contributed by atoms with Crippen molar-refractivity contribution in [2.45, 2.75) is 6.92 Å². The Morgan fingerprint density at radius 3 is 2.89 bits per heavy atom. The number of halogens is 2. The predicted molar refractivity (Wildman–Crippen MR) is 70.9 cm³/mol. The SMILES string of the molecule is CCNc1nccc(Nc2ccc(F)c(Cl)c2)n1. The van der Waals surface area contributed by atoms with Crippen molar-refractivity contribution >= 4 is 29.1 Å². The molecule has 0 aliphatic carbocycles. The summed E-state index contributed by atoms with van der Waals surface area (Å²) in [4.78, 5) is 8.29. The Morgan fingerprint density at radius 1 is 1.33 bits per heavy atom. The van der Waals surface area contributed by atoms with Crippen LogP contribution in [0, 0.1) is 5.82 Å². The number of anilines is 3. The highest BCUT2D eigenvalue weighted by molar-refractivity contribution is 6.31. The number of hydrogen-bond acceptors (Lipinski definition) is 4. The molecule has 0 bridgehead atoms. The van der Waals surface area contributed by atoms with Crippen LogP contribution in [0.2, 0.25) is 5.02 Å². The van der Waals surface area contributed by atoms with E-state index in [1.165, 1.54) is 12.1 Å². The summed E-state index contributed by atoms with van der Waals surface area (Å²) < 4.78 is 13.0. The zero-order chi connectivity index (χ0) is 13.0. The van der Waals surface area contributed by atoms with Crippen LogP contribution in [0.5, 0.6) is 0 Å². The molecule has 18 heavy (non-hydrogen) atoms. The van der Waals surface area contributed by atoms with E-state index in [1.54, 1.807) is 18.3 Å². The monoisotopic (exact) mass is 266 g/mol. The lowest BCUT2D eigenvalue weighted by Gasteiger charge is -2.07. The molecule has 0 aliphatic rings. The Bertz CT molecular complexity index is 547. The van der Waals surface area contributed by atoms with Gasteiger partial charge in [-0.1, -0.05) is 11.6 Å². The van der Waals surface area contributed by atoms with Gasteiger partial charge >= 0.3 is 0 Å². The molecule has 0 saturated heterocycles. The first-order valence-corrected chi connectivity index (χ1v) is 5.86. The van der Waals surface area contributed by atoms with E-state index in [2.05, 4.69) is 20.6 Å². The Labute approximate surface area is 109 Å². The van der Waals surface area contributed by atoms with Gasteiger partial charge in [0.25, 0.3) is 0 Å². The van der Waals surface area contributed by atoms with Gasteiger partial charge < -0.3 is 10.6 Å². The molecule has 2 aromatic rings. The summed E-state index contributed by atoms with van der Waals surface area (Å²) >= 11 is 5.70. The molecule has 1 aromatic heterocycles. The first-order chi connectivity index (χ1) is 8.69. The number of nitrogens with one attached hydrogen (secondary N) is 2. The Hall–Kier alpha value is -1.88. The summed E-state index contributed by atoms with van der Waals surface area (Å²) in [5, 5.41) is 6.10. The Morgan fingerprint density at radius 2 is 2.17 bits per heavy atom. The Kier molecular flexibility index (Phi) is 3.94. The molecule has 6 heteroatoms. The van der Waals surface area contributed by atoms with Crippen LogP contribution in [0.15, 0.2) is 30.5 Å². The average Bonchev–Trinajstić information content (AvgIpc) is 2.35. The molecule has 4 nitrogen and oxygen atoms in total. The molecule has 2 rings (SSSR count). The maximum atomic E-state index is 13.0. The molecular formula is C12H12ClFN4. The maximum absolute atomic E-state index is 13.0. The molecular weight excluding hydrogens is 255 g/mol. The second-order valence-electron chi connectivity index (χ2n) is 3.55. The second-order valence-corrected chi connectivity index (χ2v) is 3.96. The smallest absolute Gasteiger partial charge is 0.224 e. The fourth-order valence-corrected chi connectivity index (χ4v) is 1.57. The lowest BCUT2D eigenvalue weighted by atomic mass is 10.3. The molecule has 2 N–H and O–H groups in total. The van der Waals surface area contributed by atoms with Crippen molar-refractivity contribution in [3.8, 4) is 0 Å². The van der Waals surface area contributed by atoms with E-state index in [0.717, 1.165) is 6.54 Å². The summed E-state index contributed by atoms with van der Waals surface area (Å²) in [6, 6.07) is 6.12.